The van der Waals surface area contributed by atoms with E-state index in [1.165, 1.54) is 12.8 Å². The highest BCUT2D eigenvalue weighted by Gasteiger charge is 2.23. The summed E-state index contributed by atoms with van der Waals surface area (Å²) in [5, 5.41) is 9.35. The van der Waals surface area contributed by atoms with Gasteiger partial charge in [0.1, 0.15) is 5.75 Å². The van der Waals surface area contributed by atoms with Crippen molar-refractivity contribution in [2.45, 2.75) is 32.1 Å². The second-order valence-electron chi connectivity index (χ2n) is 5.44. The summed E-state index contributed by atoms with van der Waals surface area (Å²) < 4.78 is 6.72. The lowest BCUT2D eigenvalue weighted by molar-refractivity contribution is 0.218. The smallest absolute Gasteiger partial charge is 0.133 e. The fourth-order valence-electron chi connectivity index (χ4n) is 1.62. The maximum Gasteiger partial charge on any atom is 0.133 e. The van der Waals surface area contributed by atoms with Gasteiger partial charge in [0.25, 0.3) is 0 Å². The highest BCUT2D eigenvalue weighted by Crippen LogP contribution is 2.34. The summed E-state index contributed by atoms with van der Waals surface area (Å²) >= 11 is 3.53. The predicted molar refractivity (Wildman–Crippen MR) is 72.5 cm³/mol. The number of hydrogen-bond donors (Lipinski definition) is 1. The van der Waals surface area contributed by atoms with Crippen molar-refractivity contribution in [2.75, 3.05) is 13.2 Å². The Kier molecular flexibility index (Phi) is 3.79. The Morgan fingerprint density at radius 2 is 2.12 bits per heavy atom. The third kappa shape index (κ3) is 3.23. The zero-order valence-corrected chi connectivity index (χ0v) is 12.0. The third-order valence-electron chi connectivity index (χ3n) is 3.28. The Labute approximate surface area is 111 Å². The van der Waals surface area contributed by atoms with Crippen LogP contribution in [-0.4, -0.2) is 18.3 Å². The van der Waals surface area contributed by atoms with Gasteiger partial charge in [-0.25, -0.2) is 0 Å². The highest BCUT2D eigenvalue weighted by atomic mass is 79.9. The van der Waals surface area contributed by atoms with Gasteiger partial charge in [0, 0.05) is 5.41 Å². The molecule has 0 aliphatic heterocycles. The molecule has 0 unspecified atom stereocenters. The van der Waals surface area contributed by atoms with Crippen molar-refractivity contribution in [1.29, 1.82) is 0 Å². The van der Waals surface area contributed by atoms with Crippen molar-refractivity contribution in [3.8, 4) is 5.75 Å². The quantitative estimate of drug-likeness (QED) is 0.901. The molecule has 2 nitrogen and oxygen atoms in total. The minimum atomic E-state index is -0.211. The van der Waals surface area contributed by atoms with E-state index in [1.54, 1.807) is 0 Å². The first-order chi connectivity index (χ1) is 8.03. The van der Waals surface area contributed by atoms with E-state index in [4.69, 9.17) is 4.74 Å². The van der Waals surface area contributed by atoms with Gasteiger partial charge in [-0.15, -0.1) is 0 Å². The molecule has 1 aromatic rings. The van der Waals surface area contributed by atoms with E-state index in [9.17, 15) is 5.11 Å². The monoisotopic (exact) mass is 298 g/mol. The van der Waals surface area contributed by atoms with Crippen molar-refractivity contribution in [2.24, 2.45) is 5.92 Å². The van der Waals surface area contributed by atoms with Crippen LogP contribution in [0, 0.1) is 5.92 Å². The van der Waals surface area contributed by atoms with Crippen LogP contribution in [0.15, 0.2) is 22.7 Å². The summed E-state index contributed by atoms with van der Waals surface area (Å²) in [6, 6.07) is 6.06. The average molecular weight is 299 g/mol. The molecule has 0 atom stereocenters. The van der Waals surface area contributed by atoms with Crippen molar-refractivity contribution in [3.63, 3.8) is 0 Å². The van der Waals surface area contributed by atoms with Gasteiger partial charge in [0.15, 0.2) is 0 Å². The molecule has 3 heteroatoms. The Hall–Kier alpha value is -0.540. The Bertz CT molecular complexity index is 397. The summed E-state index contributed by atoms with van der Waals surface area (Å²) in [5.74, 6) is 1.66. The predicted octanol–water partition coefficient (Wildman–Crippen LogP) is 3.51. The maximum absolute atomic E-state index is 9.35. The maximum atomic E-state index is 9.35. The topological polar surface area (TPSA) is 29.5 Å². The molecular formula is C14H19BrO2. The van der Waals surface area contributed by atoms with Gasteiger partial charge in [-0.2, -0.15) is 0 Å². The summed E-state index contributed by atoms with van der Waals surface area (Å²) in [4.78, 5) is 0. The summed E-state index contributed by atoms with van der Waals surface area (Å²) in [5.41, 5.74) is 0.906. The summed E-state index contributed by atoms with van der Waals surface area (Å²) in [7, 11) is 0. The molecule has 1 aliphatic rings. The number of ether oxygens (including phenoxy) is 1. The molecule has 1 saturated carbocycles. The van der Waals surface area contributed by atoms with E-state index in [1.807, 2.05) is 32.0 Å². The second kappa shape index (κ2) is 4.99. The van der Waals surface area contributed by atoms with E-state index in [0.717, 1.165) is 28.3 Å². The Balaban J connectivity index is 2.10. The van der Waals surface area contributed by atoms with Crippen LogP contribution in [0.5, 0.6) is 5.75 Å². The van der Waals surface area contributed by atoms with E-state index in [-0.39, 0.29) is 12.0 Å². The van der Waals surface area contributed by atoms with Gasteiger partial charge in [-0.1, -0.05) is 19.9 Å². The molecule has 0 saturated heterocycles. The van der Waals surface area contributed by atoms with Gasteiger partial charge in [-0.05, 0) is 52.4 Å². The van der Waals surface area contributed by atoms with Gasteiger partial charge in [0.2, 0.25) is 0 Å². The van der Waals surface area contributed by atoms with Crippen LogP contribution in [0.1, 0.15) is 32.3 Å². The first-order valence-corrected chi connectivity index (χ1v) is 6.86. The molecular weight excluding hydrogens is 280 g/mol. The third-order valence-corrected chi connectivity index (χ3v) is 3.90. The van der Waals surface area contributed by atoms with Crippen LogP contribution >= 0.6 is 15.9 Å². The molecule has 2 rings (SSSR count). The second-order valence-corrected chi connectivity index (χ2v) is 6.30. The first kappa shape index (κ1) is 12.9. The van der Waals surface area contributed by atoms with Crippen LogP contribution in [0.25, 0.3) is 0 Å². The van der Waals surface area contributed by atoms with Gasteiger partial charge >= 0.3 is 0 Å². The van der Waals surface area contributed by atoms with E-state index in [0.29, 0.717) is 0 Å². The van der Waals surface area contributed by atoms with Crippen LogP contribution in [0.2, 0.25) is 0 Å². The van der Waals surface area contributed by atoms with Crippen molar-refractivity contribution in [1.82, 2.24) is 0 Å². The lowest BCUT2D eigenvalue weighted by Gasteiger charge is -2.23. The normalized spacial score (nSPS) is 16.0. The highest BCUT2D eigenvalue weighted by molar-refractivity contribution is 9.10. The molecule has 0 aromatic heterocycles. The molecule has 1 N–H and O–H groups in total. The lowest BCUT2D eigenvalue weighted by Crippen LogP contribution is -2.21. The van der Waals surface area contributed by atoms with E-state index in [2.05, 4.69) is 15.9 Å². The summed E-state index contributed by atoms with van der Waals surface area (Å²) in [6.45, 7) is 5.02. The summed E-state index contributed by atoms with van der Waals surface area (Å²) in [6.07, 6.45) is 2.60. The van der Waals surface area contributed by atoms with Crippen LogP contribution < -0.4 is 4.74 Å². The zero-order valence-electron chi connectivity index (χ0n) is 10.4. The SMILES string of the molecule is CC(C)(CO)c1ccc(OCC2CC2)c(Br)c1. The molecule has 0 amide bonds. The largest absolute Gasteiger partial charge is 0.492 e. The number of benzene rings is 1. The van der Waals surface area contributed by atoms with Crippen LogP contribution in [-0.2, 0) is 5.41 Å². The van der Waals surface area contributed by atoms with Gasteiger partial charge in [-0.3, -0.25) is 0 Å². The minimum Gasteiger partial charge on any atom is -0.492 e. The molecule has 1 aromatic carbocycles. The van der Waals surface area contributed by atoms with Gasteiger partial charge < -0.3 is 9.84 Å². The molecule has 1 aliphatic carbocycles. The number of aliphatic hydroxyl groups excluding tert-OH is 1. The lowest BCUT2D eigenvalue weighted by atomic mass is 9.86. The fourth-order valence-corrected chi connectivity index (χ4v) is 2.12. The Morgan fingerprint density at radius 3 is 2.65 bits per heavy atom. The number of hydrogen-bond acceptors (Lipinski definition) is 2. The molecule has 1 fully saturated rings. The van der Waals surface area contributed by atoms with Crippen LogP contribution in [0.4, 0.5) is 0 Å². The van der Waals surface area contributed by atoms with E-state index < -0.39 is 0 Å². The first-order valence-electron chi connectivity index (χ1n) is 6.06. The standard InChI is InChI=1S/C14H19BrO2/c1-14(2,9-16)11-5-6-13(12(15)7-11)17-8-10-3-4-10/h5-7,10,16H,3-4,8-9H2,1-2H3. The molecule has 0 bridgehead atoms. The Morgan fingerprint density at radius 1 is 1.41 bits per heavy atom. The molecule has 0 radical (unpaired) electrons. The number of rotatable bonds is 5. The van der Waals surface area contributed by atoms with Gasteiger partial charge in [0.05, 0.1) is 17.7 Å². The minimum absolute atomic E-state index is 0.141. The molecule has 0 spiro atoms. The molecule has 94 valence electrons. The van der Waals surface area contributed by atoms with E-state index >= 15 is 0 Å². The number of aliphatic hydroxyl groups is 1. The number of halogens is 1. The molecule has 0 heterocycles. The zero-order chi connectivity index (χ0) is 12.5. The fraction of sp³-hybridized carbons (Fsp3) is 0.571. The van der Waals surface area contributed by atoms with Crippen molar-refractivity contribution < 1.29 is 9.84 Å². The van der Waals surface area contributed by atoms with Crippen molar-refractivity contribution in [3.05, 3.63) is 28.2 Å². The average Bonchev–Trinajstić information content (AvgIpc) is 3.11. The van der Waals surface area contributed by atoms with Crippen LogP contribution in [0.3, 0.4) is 0 Å². The van der Waals surface area contributed by atoms with Crippen molar-refractivity contribution >= 4 is 15.9 Å². The molecule has 17 heavy (non-hydrogen) atoms.